The van der Waals surface area contributed by atoms with E-state index >= 15 is 0 Å². The van der Waals surface area contributed by atoms with Crippen molar-refractivity contribution in [2.45, 2.75) is 25.9 Å². The molecule has 1 aromatic rings. The van der Waals surface area contributed by atoms with E-state index in [9.17, 15) is 0 Å². The zero-order chi connectivity index (χ0) is 10.6. The molecule has 0 fully saturated rings. The highest BCUT2D eigenvalue weighted by molar-refractivity contribution is 6.35. The minimum Gasteiger partial charge on any atom is -0.489 e. The highest BCUT2D eigenvalue weighted by atomic mass is 35.5. The van der Waals surface area contributed by atoms with Gasteiger partial charge < -0.3 is 4.74 Å². The molecule has 0 saturated carbocycles. The lowest BCUT2D eigenvalue weighted by atomic mass is 10.2. The van der Waals surface area contributed by atoms with Gasteiger partial charge >= 0.3 is 0 Å². The molecule has 0 spiro atoms. The van der Waals surface area contributed by atoms with E-state index in [4.69, 9.17) is 27.9 Å². The lowest BCUT2D eigenvalue weighted by Gasteiger charge is -2.16. The molecule has 1 rings (SSSR count). The topological polar surface area (TPSA) is 9.23 Å². The Morgan fingerprint density at radius 3 is 2.64 bits per heavy atom. The van der Waals surface area contributed by atoms with Gasteiger partial charge in [-0.3, -0.25) is 0 Å². The fourth-order valence-electron chi connectivity index (χ4n) is 1.10. The van der Waals surface area contributed by atoms with Crippen LogP contribution in [0.2, 0.25) is 10.0 Å². The van der Waals surface area contributed by atoms with E-state index in [1.54, 1.807) is 18.2 Å². The van der Waals surface area contributed by atoms with Crippen molar-refractivity contribution in [1.29, 1.82) is 0 Å². The minimum absolute atomic E-state index is 0.119. The summed E-state index contributed by atoms with van der Waals surface area (Å²) in [4.78, 5) is 0. The minimum atomic E-state index is 0.119. The van der Waals surface area contributed by atoms with Crippen molar-refractivity contribution in [1.82, 2.24) is 0 Å². The first-order valence-electron chi connectivity index (χ1n) is 4.58. The molecule has 0 aliphatic carbocycles. The second-order valence-corrected chi connectivity index (χ2v) is 3.86. The van der Waals surface area contributed by atoms with Gasteiger partial charge in [-0.25, -0.2) is 0 Å². The molecule has 0 aliphatic heterocycles. The number of hydrogen-bond acceptors (Lipinski definition) is 1. The first-order chi connectivity index (χ1) is 6.67. The molecule has 0 amide bonds. The summed E-state index contributed by atoms with van der Waals surface area (Å²) in [7, 11) is 0. The van der Waals surface area contributed by atoms with Gasteiger partial charge in [0.2, 0.25) is 0 Å². The van der Waals surface area contributed by atoms with Crippen molar-refractivity contribution in [2.24, 2.45) is 0 Å². The Hall–Kier alpha value is -0.400. The van der Waals surface area contributed by atoms with Crippen LogP contribution in [0.25, 0.3) is 0 Å². The van der Waals surface area contributed by atoms with Crippen LogP contribution in [-0.2, 0) is 0 Å². The van der Waals surface area contributed by atoms with Crippen LogP contribution in [0, 0.1) is 6.92 Å². The van der Waals surface area contributed by atoms with Crippen LogP contribution in [0.3, 0.4) is 0 Å². The molecular weight excluding hydrogens is 219 g/mol. The van der Waals surface area contributed by atoms with Crippen molar-refractivity contribution in [3.05, 3.63) is 35.2 Å². The van der Waals surface area contributed by atoms with Crippen LogP contribution in [-0.4, -0.2) is 6.10 Å². The SMILES string of the molecule is [CH2]CC(CC)Oc1ccc(Cl)cc1Cl. The molecule has 3 heteroatoms. The third-order valence-electron chi connectivity index (χ3n) is 1.96. The zero-order valence-electron chi connectivity index (χ0n) is 8.09. The molecule has 77 valence electrons. The molecule has 1 nitrogen and oxygen atoms in total. The van der Waals surface area contributed by atoms with Crippen molar-refractivity contribution in [3.8, 4) is 5.75 Å². The number of ether oxygens (including phenoxy) is 1. The van der Waals surface area contributed by atoms with Gasteiger partial charge in [0.25, 0.3) is 0 Å². The van der Waals surface area contributed by atoms with Crippen LogP contribution < -0.4 is 4.74 Å². The van der Waals surface area contributed by atoms with Crippen LogP contribution in [0.5, 0.6) is 5.75 Å². The quantitative estimate of drug-likeness (QED) is 0.748. The van der Waals surface area contributed by atoms with Crippen LogP contribution in [0.1, 0.15) is 19.8 Å². The van der Waals surface area contributed by atoms with E-state index in [1.807, 2.05) is 0 Å². The Bertz CT molecular complexity index is 295. The molecule has 0 heterocycles. The molecule has 0 bridgehead atoms. The second kappa shape index (κ2) is 5.47. The van der Waals surface area contributed by atoms with Crippen LogP contribution in [0.15, 0.2) is 18.2 Å². The normalized spacial score (nSPS) is 10.6. The summed E-state index contributed by atoms with van der Waals surface area (Å²) in [5.41, 5.74) is 0. The Balaban J connectivity index is 2.76. The second-order valence-electron chi connectivity index (χ2n) is 3.01. The van der Waals surface area contributed by atoms with E-state index < -0.39 is 0 Å². The molecule has 1 aromatic carbocycles. The maximum atomic E-state index is 5.96. The van der Waals surface area contributed by atoms with E-state index in [-0.39, 0.29) is 6.10 Å². The van der Waals surface area contributed by atoms with E-state index in [2.05, 4.69) is 13.8 Å². The maximum Gasteiger partial charge on any atom is 0.138 e. The smallest absolute Gasteiger partial charge is 0.138 e. The number of benzene rings is 1. The van der Waals surface area contributed by atoms with Crippen molar-refractivity contribution >= 4 is 23.2 Å². The van der Waals surface area contributed by atoms with E-state index in [0.29, 0.717) is 15.8 Å². The average molecular weight is 232 g/mol. The maximum absolute atomic E-state index is 5.96. The van der Waals surface area contributed by atoms with E-state index in [1.165, 1.54) is 0 Å². The van der Waals surface area contributed by atoms with Crippen molar-refractivity contribution < 1.29 is 4.74 Å². The summed E-state index contributed by atoms with van der Waals surface area (Å²) in [5, 5.41) is 1.16. The largest absolute Gasteiger partial charge is 0.489 e. The number of hydrogen-bond donors (Lipinski definition) is 0. The highest BCUT2D eigenvalue weighted by Gasteiger charge is 2.08. The predicted octanol–water partition coefficient (Wildman–Crippen LogP) is 4.37. The average Bonchev–Trinajstić information content (AvgIpc) is 2.17. The highest BCUT2D eigenvalue weighted by Crippen LogP contribution is 2.28. The Morgan fingerprint density at radius 1 is 1.43 bits per heavy atom. The Labute approximate surface area is 95.0 Å². The summed E-state index contributed by atoms with van der Waals surface area (Å²) in [5.74, 6) is 0.673. The van der Waals surface area contributed by atoms with Gasteiger partial charge in [0.15, 0.2) is 0 Å². The lowest BCUT2D eigenvalue weighted by molar-refractivity contribution is 0.200. The third kappa shape index (κ3) is 3.07. The van der Waals surface area contributed by atoms with Gasteiger partial charge in [-0.05, 0) is 38.0 Å². The molecule has 0 saturated heterocycles. The molecule has 1 radical (unpaired) electrons. The summed E-state index contributed by atoms with van der Waals surface area (Å²) in [6.07, 6.45) is 1.77. The Kier molecular flexibility index (Phi) is 4.56. The third-order valence-corrected chi connectivity index (χ3v) is 2.50. The number of rotatable bonds is 4. The summed E-state index contributed by atoms with van der Waals surface area (Å²) in [6, 6.07) is 5.22. The van der Waals surface area contributed by atoms with E-state index in [0.717, 1.165) is 12.8 Å². The molecular formula is C11H13Cl2O. The van der Waals surface area contributed by atoms with Gasteiger partial charge in [0.05, 0.1) is 11.1 Å². The van der Waals surface area contributed by atoms with Gasteiger partial charge in [-0.2, -0.15) is 0 Å². The first-order valence-corrected chi connectivity index (χ1v) is 5.34. The summed E-state index contributed by atoms with van der Waals surface area (Å²) in [6.45, 7) is 5.86. The molecule has 1 unspecified atom stereocenters. The molecule has 0 aliphatic rings. The fourth-order valence-corrected chi connectivity index (χ4v) is 1.55. The van der Waals surface area contributed by atoms with Gasteiger partial charge in [-0.15, -0.1) is 0 Å². The predicted molar refractivity (Wildman–Crippen MR) is 61.1 cm³/mol. The number of halogens is 2. The lowest BCUT2D eigenvalue weighted by Crippen LogP contribution is -2.13. The summed E-state index contributed by atoms with van der Waals surface area (Å²) < 4.78 is 5.65. The van der Waals surface area contributed by atoms with Gasteiger partial charge in [0.1, 0.15) is 5.75 Å². The summed E-state index contributed by atoms with van der Waals surface area (Å²) >= 11 is 11.7. The first kappa shape index (κ1) is 11.7. The molecule has 0 aromatic heterocycles. The van der Waals surface area contributed by atoms with Crippen molar-refractivity contribution in [3.63, 3.8) is 0 Å². The van der Waals surface area contributed by atoms with Gasteiger partial charge in [-0.1, -0.05) is 30.1 Å². The molecule has 0 N–H and O–H groups in total. The van der Waals surface area contributed by atoms with Gasteiger partial charge in [0, 0.05) is 5.02 Å². The molecule has 14 heavy (non-hydrogen) atoms. The standard InChI is InChI=1S/C11H13Cl2O/c1-3-9(4-2)14-11-6-5-8(12)7-10(11)13/h5-7,9H,1,3-4H2,2H3. The zero-order valence-corrected chi connectivity index (χ0v) is 9.61. The van der Waals surface area contributed by atoms with Crippen LogP contribution >= 0.6 is 23.2 Å². The van der Waals surface area contributed by atoms with Crippen molar-refractivity contribution in [2.75, 3.05) is 0 Å². The molecule has 1 atom stereocenters. The van der Waals surface area contributed by atoms with Crippen LogP contribution in [0.4, 0.5) is 0 Å². The fraction of sp³-hybridized carbons (Fsp3) is 0.364. The Morgan fingerprint density at radius 2 is 2.14 bits per heavy atom. The monoisotopic (exact) mass is 231 g/mol.